The van der Waals surface area contributed by atoms with Crippen molar-refractivity contribution in [3.05, 3.63) is 18.0 Å². The Hall–Kier alpha value is -0.500. The number of halogens is 1. The van der Waals surface area contributed by atoms with E-state index in [1.807, 2.05) is 10.9 Å². The maximum Gasteiger partial charge on any atom is 0.0521 e. The summed E-state index contributed by atoms with van der Waals surface area (Å²) in [6, 6.07) is 0. The number of hydrogen-bond donors (Lipinski definition) is 0. The number of alkyl halides is 1. The molecule has 0 spiro atoms. The van der Waals surface area contributed by atoms with E-state index in [9.17, 15) is 0 Å². The average Bonchev–Trinajstić information content (AvgIpc) is 2.78. The van der Waals surface area contributed by atoms with Gasteiger partial charge in [0.1, 0.15) is 0 Å². The summed E-state index contributed by atoms with van der Waals surface area (Å²) in [6.45, 7) is 10.1. The zero-order valence-corrected chi connectivity index (χ0v) is 13.5. The highest BCUT2D eigenvalue weighted by molar-refractivity contribution is 6.20. The van der Waals surface area contributed by atoms with Crippen molar-refractivity contribution in [1.82, 2.24) is 9.78 Å². The minimum absolute atomic E-state index is 0.337. The summed E-state index contributed by atoms with van der Waals surface area (Å²) in [6.07, 6.45) is 8.96. The maximum atomic E-state index is 6.56. The Morgan fingerprint density at radius 2 is 2.11 bits per heavy atom. The van der Waals surface area contributed by atoms with Crippen molar-refractivity contribution in [3.8, 4) is 0 Å². The fraction of sp³-hybridized carbons (Fsp3) is 0.812. The Kier molecular flexibility index (Phi) is 4.60. The van der Waals surface area contributed by atoms with Crippen LogP contribution < -0.4 is 0 Å². The predicted molar refractivity (Wildman–Crippen MR) is 81.5 cm³/mol. The number of hydrogen-bond acceptors (Lipinski definition) is 1. The van der Waals surface area contributed by atoms with Crippen molar-refractivity contribution in [1.29, 1.82) is 0 Å². The molecule has 3 unspecified atom stereocenters. The lowest BCUT2D eigenvalue weighted by molar-refractivity contribution is 0.144. The minimum Gasteiger partial charge on any atom is -0.273 e. The molecule has 1 aliphatic carbocycles. The lowest BCUT2D eigenvalue weighted by atomic mass is 9.68. The molecule has 0 saturated heterocycles. The van der Waals surface area contributed by atoms with E-state index in [0.29, 0.717) is 16.7 Å². The Morgan fingerprint density at radius 1 is 1.37 bits per heavy atom. The molecule has 3 heteroatoms. The number of aromatic nitrogens is 2. The summed E-state index contributed by atoms with van der Waals surface area (Å²) >= 11 is 6.56. The lowest BCUT2D eigenvalue weighted by Gasteiger charge is -2.40. The SMILES string of the molecule is CCn1cc(CC2CC(C(C)(C)C)CCC2Cl)cn1. The van der Waals surface area contributed by atoms with Crippen LogP contribution in [0.2, 0.25) is 0 Å². The van der Waals surface area contributed by atoms with Gasteiger partial charge < -0.3 is 0 Å². The molecule has 0 aromatic carbocycles. The average molecular weight is 283 g/mol. The first-order chi connectivity index (χ1) is 8.90. The Balaban J connectivity index is 2.01. The van der Waals surface area contributed by atoms with Gasteiger partial charge in [-0.1, -0.05) is 20.8 Å². The Morgan fingerprint density at radius 3 is 2.68 bits per heavy atom. The van der Waals surface area contributed by atoms with Gasteiger partial charge >= 0.3 is 0 Å². The van der Waals surface area contributed by atoms with Crippen molar-refractivity contribution < 1.29 is 0 Å². The third-order valence-electron chi connectivity index (χ3n) is 4.62. The van der Waals surface area contributed by atoms with Crippen molar-refractivity contribution in [2.24, 2.45) is 17.3 Å². The van der Waals surface area contributed by atoms with Gasteiger partial charge in [-0.15, -0.1) is 11.6 Å². The highest BCUT2D eigenvalue weighted by Gasteiger charge is 2.35. The molecule has 0 amide bonds. The van der Waals surface area contributed by atoms with Crippen molar-refractivity contribution >= 4 is 11.6 Å². The molecule has 1 saturated carbocycles. The fourth-order valence-corrected chi connectivity index (χ4v) is 3.53. The largest absolute Gasteiger partial charge is 0.273 e. The summed E-state index contributed by atoms with van der Waals surface area (Å²) < 4.78 is 2.00. The molecule has 0 aliphatic heterocycles. The van der Waals surface area contributed by atoms with Gasteiger partial charge in [-0.3, -0.25) is 4.68 Å². The summed E-state index contributed by atoms with van der Waals surface area (Å²) in [4.78, 5) is 0. The summed E-state index contributed by atoms with van der Waals surface area (Å²) in [7, 11) is 0. The first kappa shape index (κ1) is 14.9. The van der Waals surface area contributed by atoms with Crippen LogP contribution in [0.25, 0.3) is 0 Å². The topological polar surface area (TPSA) is 17.8 Å². The van der Waals surface area contributed by atoms with Crippen molar-refractivity contribution in [3.63, 3.8) is 0 Å². The van der Waals surface area contributed by atoms with Gasteiger partial charge in [0.2, 0.25) is 0 Å². The first-order valence-corrected chi connectivity index (χ1v) is 7.99. The zero-order valence-electron chi connectivity index (χ0n) is 12.7. The van der Waals surface area contributed by atoms with Gasteiger partial charge in [0, 0.05) is 18.1 Å². The molecular formula is C16H27ClN2. The fourth-order valence-electron chi connectivity index (χ4n) is 3.21. The van der Waals surface area contributed by atoms with E-state index in [1.165, 1.54) is 18.4 Å². The van der Waals surface area contributed by atoms with Crippen LogP contribution in [0.3, 0.4) is 0 Å². The monoisotopic (exact) mass is 282 g/mol. The van der Waals surface area contributed by atoms with Crippen LogP contribution in [0.15, 0.2) is 12.4 Å². The van der Waals surface area contributed by atoms with Crippen LogP contribution in [0.4, 0.5) is 0 Å². The lowest BCUT2D eigenvalue weighted by Crippen LogP contribution is -2.33. The van der Waals surface area contributed by atoms with E-state index < -0.39 is 0 Å². The van der Waals surface area contributed by atoms with E-state index >= 15 is 0 Å². The van der Waals surface area contributed by atoms with Crippen molar-refractivity contribution in [2.75, 3.05) is 0 Å². The summed E-state index contributed by atoms with van der Waals surface area (Å²) in [5.74, 6) is 1.41. The number of aryl methyl sites for hydroxylation is 1. The van der Waals surface area contributed by atoms with Gasteiger partial charge in [-0.2, -0.15) is 5.10 Å². The van der Waals surface area contributed by atoms with Gasteiger partial charge in [0.15, 0.2) is 0 Å². The Labute approximate surface area is 122 Å². The number of rotatable bonds is 3. The standard InChI is InChI=1S/C16H27ClN2/c1-5-19-11-12(10-18-19)8-13-9-14(16(2,3)4)6-7-15(13)17/h10-11,13-15H,5-9H2,1-4H3. The van der Waals surface area contributed by atoms with Crippen LogP contribution in [0, 0.1) is 17.3 Å². The normalized spacial score (nSPS) is 28.6. The van der Waals surface area contributed by atoms with Crippen LogP contribution in [0.1, 0.15) is 52.5 Å². The Bertz CT molecular complexity index is 405. The molecule has 0 radical (unpaired) electrons. The molecule has 1 heterocycles. The van der Waals surface area contributed by atoms with Gasteiger partial charge in [-0.25, -0.2) is 0 Å². The molecular weight excluding hydrogens is 256 g/mol. The maximum absolute atomic E-state index is 6.56. The van der Waals surface area contributed by atoms with Gasteiger partial charge in [-0.05, 0) is 55.4 Å². The van der Waals surface area contributed by atoms with E-state index in [-0.39, 0.29) is 0 Å². The molecule has 3 atom stereocenters. The highest BCUT2D eigenvalue weighted by atomic mass is 35.5. The predicted octanol–water partition coefficient (Wildman–Crippen LogP) is 4.52. The van der Waals surface area contributed by atoms with E-state index in [2.05, 4.69) is 39.0 Å². The van der Waals surface area contributed by atoms with Crippen LogP contribution in [-0.4, -0.2) is 15.2 Å². The molecule has 0 bridgehead atoms. The third-order valence-corrected chi connectivity index (χ3v) is 5.20. The molecule has 2 rings (SSSR count). The second kappa shape index (κ2) is 5.87. The van der Waals surface area contributed by atoms with Crippen LogP contribution >= 0.6 is 11.6 Å². The van der Waals surface area contributed by atoms with Gasteiger partial charge in [0.25, 0.3) is 0 Å². The van der Waals surface area contributed by atoms with Crippen molar-refractivity contribution in [2.45, 2.75) is 65.3 Å². The molecule has 1 aromatic rings. The third kappa shape index (κ3) is 3.75. The number of nitrogens with zero attached hydrogens (tertiary/aromatic N) is 2. The summed E-state index contributed by atoms with van der Waals surface area (Å²) in [5.41, 5.74) is 1.75. The van der Waals surface area contributed by atoms with E-state index in [4.69, 9.17) is 11.6 Å². The minimum atomic E-state index is 0.337. The van der Waals surface area contributed by atoms with Crippen LogP contribution in [0.5, 0.6) is 0 Å². The second-order valence-electron chi connectivity index (χ2n) is 7.06. The van der Waals surface area contributed by atoms with Gasteiger partial charge in [0.05, 0.1) is 6.20 Å². The summed E-state index contributed by atoms with van der Waals surface area (Å²) in [5, 5.41) is 4.70. The smallest absolute Gasteiger partial charge is 0.0521 e. The highest BCUT2D eigenvalue weighted by Crippen LogP contribution is 2.42. The first-order valence-electron chi connectivity index (χ1n) is 7.55. The quantitative estimate of drug-likeness (QED) is 0.746. The van der Waals surface area contributed by atoms with E-state index in [0.717, 1.165) is 25.3 Å². The van der Waals surface area contributed by atoms with Crippen LogP contribution in [-0.2, 0) is 13.0 Å². The molecule has 0 N–H and O–H groups in total. The van der Waals surface area contributed by atoms with E-state index in [1.54, 1.807) is 0 Å². The molecule has 108 valence electrons. The molecule has 1 aliphatic rings. The molecule has 2 nitrogen and oxygen atoms in total. The zero-order chi connectivity index (χ0) is 14.0. The molecule has 1 fully saturated rings. The molecule has 1 aromatic heterocycles. The molecule has 19 heavy (non-hydrogen) atoms. The second-order valence-corrected chi connectivity index (χ2v) is 7.62.